The monoisotopic (exact) mass is 301 g/mol. The molecule has 0 saturated heterocycles. The Kier molecular flexibility index (Phi) is 3.86. The zero-order valence-electron chi connectivity index (χ0n) is 11.6. The molecule has 2 N–H and O–H groups in total. The highest BCUT2D eigenvalue weighted by Gasteiger charge is 2.13. The third kappa shape index (κ3) is 2.89. The zero-order chi connectivity index (χ0) is 14.8. The molecule has 0 aliphatic heterocycles. The maximum atomic E-state index is 9.54. The third-order valence-electron chi connectivity index (χ3n) is 3.60. The highest BCUT2D eigenvalue weighted by Crippen LogP contribution is 2.30. The van der Waals surface area contributed by atoms with Crippen molar-refractivity contribution in [3.8, 4) is 5.75 Å². The number of fused-ring (bicyclic) bond motifs is 1. The summed E-state index contributed by atoms with van der Waals surface area (Å²) in [6.45, 7) is 2.65. The number of halogens is 1. The van der Waals surface area contributed by atoms with Gasteiger partial charge in [0, 0.05) is 23.5 Å². The van der Waals surface area contributed by atoms with Gasteiger partial charge in [-0.2, -0.15) is 0 Å². The lowest BCUT2D eigenvalue weighted by molar-refractivity contribution is 0.472. The molecule has 0 aliphatic carbocycles. The van der Waals surface area contributed by atoms with E-state index in [0.717, 1.165) is 22.1 Å². The molecule has 0 fully saturated rings. The summed E-state index contributed by atoms with van der Waals surface area (Å²) in [6.07, 6.45) is 0. The molecule has 0 aliphatic rings. The fourth-order valence-electron chi connectivity index (χ4n) is 2.40. The highest BCUT2D eigenvalue weighted by atomic mass is 35.5. The number of hydrogen-bond acceptors (Lipinski definition) is 3. The van der Waals surface area contributed by atoms with Crippen LogP contribution in [0.15, 0.2) is 52.9 Å². The molecular formula is C17H16ClNO2. The second-order valence-corrected chi connectivity index (χ2v) is 5.39. The average molecular weight is 302 g/mol. The van der Waals surface area contributed by atoms with Gasteiger partial charge in [0.1, 0.15) is 11.3 Å². The molecule has 108 valence electrons. The lowest BCUT2D eigenvalue weighted by Gasteiger charge is -2.14. The average Bonchev–Trinajstić information content (AvgIpc) is 2.80. The summed E-state index contributed by atoms with van der Waals surface area (Å²) in [4.78, 5) is 0. The van der Waals surface area contributed by atoms with E-state index in [-0.39, 0.29) is 11.8 Å². The van der Waals surface area contributed by atoms with E-state index in [1.807, 2.05) is 43.3 Å². The Labute approximate surface area is 128 Å². The normalized spacial score (nSPS) is 12.7. The molecule has 0 bridgehead atoms. The smallest absolute Gasteiger partial charge is 0.199 e. The Balaban J connectivity index is 1.79. The van der Waals surface area contributed by atoms with Gasteiger partial charge in [0.2, 0.25) is 0 Å². The minimum atomic E-state index is 0.0989. The van der Waals surface area contributed by atoms with Gasteiger partial charge >= 0.3 is 0 Å². The number of para-hydroxylation sites is 1. The number of phenols is 1. The lowest BCUT2D eigenvalue weighted by atomic mass is 10.1. The van der Waals surface area contributed by atoms with E-state index in [1.54, 1.807) is 12.1 Å². The number of aromatic hydroxyl groups is 1. The predicted octanol–water partition coefficient (Wildman–Crippen LogP) is 4.64. The molecule has 3 rings (SSSR count). The fourth-order valence-corrected chi connectivity index (χ4v) is 2.65. The Morgan fingerprint density at radius 2 is 2.00 bits per heavy atom. The summed E-state index contributed by atoms with van der Waals surface area (Å²) in [7, 11) is 0. The number of rotatable bonds is 4. The summed E-state index contributed by atoms with van der Waals surface area (Å²) in [5, 5.41) is 14.4. The summed E-state index contributed by atoms with van der Waals surface area (Å²) < 4.78 is 5.54. The van der Waals surface area contributed by atoms with Crippen molar-refractivity contribution in [3.05, 3.63) is 64.9 Å². The van der Waals surface area contributed by atoms with Crippen molar-refractivity contribution in [2.45, 2.75) is 19.5 Å². The molecule has 3 nitrogen and oxygen atoms in total. The van der Waals surface area contributed by atoms with Gasteiger partial charge < -0.3 is 14.8 Å². The summed E-state index contributed by atoms with van der Waals surface area (Å²) in [5.41, 5.74) is 2.78. The van der Waals surface area contributed by atoms with Gasteiger partial charge in [-0.3, -0.25) is 0 Å². The minimum Gasteiger partial charge on any atom is -0.508 e. The molecule has 3 aromatic rings. The standard InChI is InChI=1S/C17H16ClNO2/c1-11(12-5-4-6-13(20)9-12)19-10-15-14-7-2-3-8-16(14)21-17(15)18/h2-9,11,19-20H,10H2,1H3. The van der Waals surface area contributed by atoms with E-state index >= 15 is 0 Å². The molecule has 0 spiro atoms. The van der Waals surface area contributed by atoms with Crippen LogP contribution in [0.1, 0.15) is 24.1 Å². The number of phenolic OH excluding ortho intramolecular Hbond substituents is 1. The fraction of sp³-hybridized carbons (Fsp3) is 0.176. The molecule has 1 heterocycles. The quantitative estimate of drug-likeness (QED) is 0.737. The van der Waals surface area contributed by atoms with E-state index in [2.05, 4.69) is 5.32 Å². The van der Waals surface area contributed by atoms with Crippen molar-refractivity contribution in [2.24, 2.45) is 0 Å². The highest BCUT2D eigenvalue weighted by molar-refractivity contribution is 6.30. The van der Waals surface area contributed by atoms with Gasteiger partial charge in [-0.1, -0.05) is 30.3 Å². The SMILES string of the molecule is CC(NCc1c(Cl)oc2ccccc12)c1cccc(O)c1. The van der Waals surface area contributed by atoms with Crippen LogP contribution in [0.25, 0.3) is 11.0 Å². The first-order chi connectivity index (χ1) is 10.1. The van der Waals surface area contributed by atoms with Crippen molar-refractivity contribution in [1.82, 2.24) is 5.32 Å². The van der Waals surface area contributed by atoms with E-state index in [9.17, 15) is 5.11 Å². The van der Waals surface area contributed by atoms with Crippen LogP contribution in [0, 0.1) is 0 Å². The van der Waals surface area contributed by atoms with E-state index < -0.39 is 0 Å². The van der Waals surface area contributed by atoms with Gasteiger partial charge in [-0.05, 0) is 42.3 Å². The molecular weight excluding hydrogens is 286 g/mol. The largest absolute Gasteiger partial charge is 0.508 e. The van der Waals surface area contributed by atoms with Crippen LogP contribution < -0.4 is 5.32 Å². The Morgan fingerprint density at radius 3 is 2.81 bits per heavy atom. The van der Waals surface area contributed by atoms with E-state index in [4.69, 9.17) is 16.0 Å². The van der Waals surface area contributed by atoms with Gasteiger partial charge in [-0.15, -0.1) is 0 Å². The van der Waals surface area contributed by atoms with Crippen molar-refractivity contribution >= 4 is 22.6 Å². The van der Waals surface area contributed by atoms with Crippen molar-refractivity contribution in [1.29, 1.82) is 0 Å². The van der Waals surface area contributed by atoms with Gasteiger partial charge in [0.05, 0.1) is 0 Å². The number of hydrogen-bond donors (Lipinski definition) is 2. The van der Waals surface area contributed by atoms with Crippen molar-refractivity contribution in [2.75, 3.05) is 0 Å². The predicted molar refractivity (Wildman–Crippen MR) is 84.6 cm³/mol. The minimum absolute atomic E-state index is 0.0989. The van der Waals surface area contributed by atoms with Crippen LogP contribution in [0.2, 0.25) is 5.22 Å². The van der Waals surface area contributed by atoms with Gasteiger partial charge in [-0.25, -0.2) is 0 Å². The topological polar surface area (TPSA) is 45.4 Å². The molecule has 2 aromatic carbocycles. The first-order valence-corrected chi connectivity index (χ1v) is 7.21. The summed E-state index contributed by atoms with van der Waals surface area (Å²) in [6, 6.07) is 15.1. The first-order valence-electron chi connectivity index (χ1n) is 6.83. The van der Waals surface area contributed by atoms with Crippen LogP contribution in [0.3, 0.4) is 0 Å². The summed E-state index contributed by atoms with van der Waals surface area (Å²) >= 11 is 6.18. The number of benzene rings is 2. The van der Waals surface area contributed by atoms with E-state index in [0.29, 0.717) is 11.8 Å². The number of furan rings is 1. The maximum absolute atomic E-state index is 9.54. The van der Waals surface area contributed by atoms with Crippen LogP contribution in [-0.4, -0.2) is 5.11 Å². The van der Waals surface area contributed by atoms with Gasteiger partial charge in [0.25, 0.3) is 0 Å². The molecule has 1 unspecified atom stereocenters. The Hall–Kier alpha value is -1.97. The first kappa shape index (κ1) is 14.0. The van der Waals surface area contributed by atoms with Crippen LogP contribution in [0.4, 0.5) is 0 Å². The second-order valence-electron chi connectivity index (χ2n) is 5.05. The Bertz CT molecular complexity index is 766. The summed E-state index contributed by atoms with van der Waals surface area (Å²) in [5.74, 6) is 0.271. The molecule has 21 heavy (non-hydrogen) atoms. The van der Waals surface area contributed by atoms with Crippen LogP contribution in [0.5, 0.6) is 5.75 Å². The van der Waals surface area contributed by atoms with Crippen LogP contribution >= 0.6 is 11.6 Å². The zero-order valence-corrected chi connectivity index (χ0v) is 12.4. The Morgan fingerprint density at radius 1 is 1.19 bits per heavy atom. The lowest BCUT2D eigenvalue weighted by Crippen LogP contribution is -2.18. The van der Waals surface area contributed by atoms with Crippen LogP contribution in [-0.2, 0) is 6.54 Å². The molecule has 1 aromatic heterocycles. The molecule has 0 saturated carbocycles. The van der Waals surface area contributed by atoms with Crippen molar-refractivity contribution in [3.63, 3.8) is 0 Å². The van der Waals surface area contributed by atoms with Crippen molar-refractivity contribution < 1.29 is 9.52 Å². The maximum Gasteiger partial charge on any atom is 0.199 e. The second kappa shape index (κ2) is 5.80. The van der Waals surface area contributed by atoms with Gasteiger partial charge in [0.15, 0.2) is 5.22 Å². The third-order valence-corrected chi connectivity index (χ3v) is 3.91. The molecule has 1 atom stereocenters. The molecule has 0 amide bonds. The van der Waals surface area contributed by atoms with E-state index in [1.165, 1.54) is 0 Å². The molecule has 4 heteroatoms. The molecule has 0 radical (unpaired) electrons. The number of nitrogens with one attached hydrogen (secondary N) is 1.